The summed E-state index contributed by atoms with van der Waals surface area (Å²) in [4.78, 5) is 7.14. The first-order chi connectivity index (χ1) is 16.5. The van der Waals surface area contributed by atoms with E-state index in [-0.39, 0.29) is 5.92 Å². The second-order valence-electron chi connectivity index (χ2n) is 8.79. The van der Waals surface area contributed by atoms with Crippen molar-refractivity contribution >= 4 is 26.8 Å². The van der Waals surface area contributed by atoms with E-state index in [1.807, 2.05) is 12.1 Å². The summed E-state index contributed by atoms with van der Waals surface area (Å²) in [5.74, 6) is 0.731. The molecule has 0 aliphatic carbocycles. The van der Waals surface area contributed by atoms with Crippen LogP contribution in [0.5, 0.6) is 5.88 Å². The van der Waals surface area contributed by atoms with Gasteiger partial charge in [0.1, 0.15) is 0 Å². The van der Waals surface area contributed by atoms with E-state index in [0.717, 1.165) is 40.3 Å². The van der Waals surface area contributed by atoms with Crippen LogP contribution < -0.4 is 4.74 Å². The summed E-state index contributed by atoms with van der Waals surface area (Å²) >= 11 is 3.62. The van der Waals surface area contributed by atoms with Gasteiger partial charge in [-0.15, -0.1) is 0 Å². The van der Waals surface area contributed by atoms with E-state index >= 15 is 0 Å². The van der Waals surface area contributed by atoms with Gasteiger partial charge in [0.25, 0.3) is 0 Å². The highest BCUT2D eigenvalue weighted by Gasteiger charge is 2.24. The average molecular weight is 515 g/mol. The lowest BCUT2D eigenvalue weighted by molar-refractivity contribution is 0.391. The lowest BCUT2D eigenvalue weighted by atomic mass is 9.82. The molecule has 0 saturated carbocycles. The maximum absolute atomic E-state index is 5.86. The Balaban J connectivity index is 1.88. The van der Waals surface area contributed by atoms with Crippen molar-refractivity contribution in [3.63, 3.8) is 0 Å². The average Bonchev–Trinajstić information content (AvgIpc) is 2.86. The predicted octanol–water partition coefficient (Wildman–Crippen LogP) is 7.26. The van der Waals surface area contributed by atoms with E-state index in [4.69, 9.17) is 9.72 Å². The van der Waals surface area contributed by atoms with Crippen molar-refractivity contribution in [2.75, 3.05) is 27.7 Å². The number of ether oxygens (including phenoxy) is 1. The molecule has 4 heteroatoms. The number of hydrogen-bond donors (Lipinski definition) is 0. The third kappa shape index (κ3) is 5.94. The zero-order valence-electron chi connectivity index (χ0n) is 20.0. The van der Waals surface area contributed by atoms with E-state index in [2.05, 4.69) is 114 Å². The van der Waals surface area contributed by atoms with E-state index in [0.29, 0.717) is 5.88 Å². The normalized spacial score (nSPS) is 12.8. The fourth-order valence-corrected chi connectivity index (χ4v) is 4.71. The maximum atomic E-state index is 5.86. The molecule has 4 aromatic rings. The molecule has 1 unspecified atom stereocenters. The van der Waals surface area contributed by atoms with Crippen LogP contribution in [0.25, 0.3) is 10.9 Å². The Labute approximate surface area is 211 Å². The molecule has 4 rings (SSSR count). The van der Waals surface area contributed by atoms with Gasteiger partial charge in [0.05, 0.1) is 12.6 Å². The van der Waals surface area contributed by atoms with E-state index in [1.54, 1.807) is 7.11 Å². The standard InChI is InChI=1S/C30H31BrN2O/c1-33(2)19-18-24(15-14-22-10-6-4-7-11-22)29(23-12-8-5-9-13-23)27-21-25-20-26(31)16-17-28(25)32-30(27)34-3/h4-13,15-17,20-21,29H,14,18-19H2,1-3H3. The fourth-order valence-electron chi connectivity index (χ4n) is 4.34. The highest BCUT2D eigenvalue weighted by molar-refractivity contribution is 9.10. The molecular weight excluding hydrogens is 484 g/mol. The van der Waals surface area contributed by atoms with E-state index in [1.165, 1.54) is 16.7 Å². The lowest BCUT2D eigenvalue weighted by Crippen LogP contribution is -2.17. The first kappa shape index (κ1) is 24.2. The Morgan fingerprint density at radius 2 is 1.68 bits per heavy atom. The SMILES string of the molecule is COc1nc2ccc(Br)cc2cc1C(C(=CCc1ccccc1)CCN(C)C)c1ccccc1. The smallest absolute Gasteiger partial charge is 0.217 e. The zero-order valence-corrected chi connectivity index (χ0v) is 21.6. The molecule has 0 amide bonds. The Morgan fingerprint density at radius 1 is 0.971 bits per heavy atom. The molecule has 174 valence electrons. The van der Waals surface area contributed by atoms with Gasteiger partial charge in [-0.25, -0.2) is 4.98 Å². The number of halogens is 1. The highest BCUT2D eigenvalue weighted by atomic mass is 79.9. The van der Waals surface area contributed by atoms with Gasteiger partial charge in [0, 0.05) is 27.9 Å². The number of aromatic nitrogens is 1. The fraction of sp³-hybridized carbons (Fsp3) is 0.233. The monoisotopic (exact) mass is 514 g/mol. The molecule has 0 radical (unpaired) electrons. The molecule has 0 bridgehead atoms. The third-order valence-electron chi connectivity index (χ3n) is 6.07. The van der Waals surface area contributed by atoms with E-state index in [9.17, 15) is 0 Å². The zero-order chi connectivity index (χ0) is 23.9. The predicted molar refractivity (Wildman–Crippen MR) is 146 cm³/mol. The number of rotatable bonds is 9. The topological polar surface area (TPSA) is 25.4 Å². The van der Waals surface area contributed by atoms with Gasteiger partial charge >= 0.3 is 0 Å². The van der Waals surface area contributed by atoms with Gasteiger partial charge in [-0.05, 0) is 62.3 Å². The maximum Gasteiger partial charge on any atom is 0.217 e. The van der Waals surface area contributed by atoms with Crippen LogP contribution >= 0.6 is 15.9 Å². The van der Waals surface area contributed by atoms with Crippen molar-refractivity contribution in [1.29, 1.82) is 0 Å². The Bertz CT molecular complexity index is 1250. The van der Waals surface area contributed by atoms with Crippen molar-refractivity contribution in [2.24, 2.45) is 0 Å². The molecule has 3 nitrogen and oxygen atoms in total. The largest absolute Gasteiger partial charge is 0.481 e. The summed E-state index contributed by atoms with van der Waals surface area (Å²) in [6.45, 7) is 0.971. The number of benzene rings is 3. The summed E-state index contributed by atoms with van der Waals surface area (Å²) in [6, 6.07) is 29.8. The van der Waals surface area contributed by atoms with Crippen LogP contribution in [0.1, 0.15) is 29.0 Å². The van der Waals surface area contributed by atoms with Crippen LogP contribution in [-0.2, 0) is 6.42 Å². The number of fused-ring (bicyclic) bond motifs is 1. The van der Waals surface area contributed by atoms with Crippen molar-refractivity contribution in [3.8, 4) is 5.88 Å². The quantitative estimate of drug-likeness (QED) is 0.220. The third-order valence-corrected chi connectivity index (χ3v) is 6.56. The number of hydrogen-bond acceptors (Lipinski definition) is 3. The lowest BCUT2D eigenvalue weighted by Gasteiger charge is -2.25. The van der Waals surface area contributed by atoms with Crippen molar-refractivity contribution < 1.29 is 4.74 Å². The molecule has 1 atom stereocenters. The van der Waals surface area contributed by atoms with Crippen LogP contribution in [0.3, 0.4) is 0 Å². The van der Waals surface area contributed by atoms with Crippen LogP contribution in [0, 0.1) is 0 Å². The van der Waals surface area contributed by atoms with E-state index < -0.39 is 0 Å². The minimum atomic E-state index is 0.0516. The molecule has 0 fully saturated rings. The molecule has 0 aliphatic heterocycles. The highest BCUT2D eigenvalue weighted by Crippen LogP contribution is 2.40. The number of methoxy groups -OCH3 is 1. The molecule has 3 aromatic carbocycles. The molecule has 0 N–H and O–H groups in total. The molecule has 0 saturated heterocycles. The molecule has 34 heavy (non-hydrogen) atoms. The molecule has 0 spiro atoms. The summed E-state index contributed by atoms with van der Waals surface area (Å²) in [7, 11) is 5.97. The van der Waals surface area contributed by atoms with Gasteiger partial charge in [0.2, 0.25) is 5.88 Å². The molecule has 1 aromatic heterocycles. The van der Waals surface area contributed by atoms with Gasteiger partial charge in [0.15, 0.2) is 0 Å². The second-order valence-corrected chi connectivity index (χ2v) is 9.71. The minimum Gasteiger partial charge on any atom is -0.481 e. The summed E-state index contributed by atoms with van der Waals surface area (Å²) in [5, 5.41) is 1.10. The first-order valence-electron chi connectivity index (χ1n) is 11.6. The Morgan fingerprint density at radius 3 is 2.35 bits per heavy atom. The second kappa shape index (κ2) is 11.5. The molecular formula is C30H31BrN2O. The van der Waals surface area contributed by atoms with Gasteiger partial charge in [-0.3, -0.25) is 0 Å². The molecule has 1 heterocycles. The summed E-state index contributed by atoms with van der Waals surface area (Å²) in [5.41, 5.74) is 5.95. The summed E-state index contributed by atoms with van der Waals surface area (Å²) < 4.78 is 6.91. The van der Waals surface area contributed by atoms with Crippen molar-refractivity contribution in [2.45, 2.75) is 18.8 Å². The Kier molecular flexibility index (Phi) is 8.15. The Hall–Kier alpha value is -2.95. The molecule has 0 aliphatic rings. The summed E-state index contributed by atoms with van der Waals surface area (Å²) in [6.07, 6.45) is 4.25. The first-order valence-corrected chi connectivity index (χ1v) is 12.4. The van der Waals surface area contributed by atoms with Gasteiger partial charge in [-0.2, -0.15) is 0 Å². The van der Waals surface area contributed by atoms with Crippen LogP contribution in [-0.4, -0.2) is 37.6 Å². The number of pyridine rings is 1. The van der Waals surface area contributed by atoms with Gasteiger partial charge < -0.3 is 9.64 Å². The van der Waals surface area contributed by atoms with Crippen LogP contribution in [0.15, 0.2) is 101 Å². The van der Waals surface area contributed by atoms with Gasteiger partial charge in [-0.1, -0.05) is 88.2 Å². The van der Waals surface area contributed by atoms with Crippen molar-refractivity contribution in [3.05, 3.63) is 118 Å². The minimum absolute atomic E-state index is 0.0516. The number of nitrogens with zero attached hydrogens (tertiary/aromatic N) is 2. The number of allylic oxidation sites excluding steroid dienone is 1. The van der Waals surface area contributed by atoms with Crippen LogP contribution in [0.4, 0.5) is 0 Å². The van der Waals surface area contributed by atoms with Crippen molar-refractivity contribution in [1.82, 2.24) is 9.88 Å². The van der Waals surface area contributed by atoms with Crippen LogP contribution in [0.2, 0.25) is 0 Å².